The maximum atomic E-state index is 12.0. The van der Waals surface area contributed by atoms with Crippen LogP contribution in [0.3, 0.4) is 0 Å². The van der Waals surface area contributed by atoms with Crippen molar-refractivity contribution in [2.45, 2.75) is 6.54 Å². The molecule has 3 aromatic heterocycles. The molecule has 3 aromatic rings. The van der Waals surface area contributed by atoms with E-state index in [2.05, 4.69) is 15.5 Å². The smallest absolute Gasteiger partial charge is 0.273 e. The number of hydrogen-bond acceptors (Lipinski definition) is 5. The second kappa shape index (κ2) is 5.66. The number of nitrogens with zero attached hydrogens (tertiary/aromatic N) is 2. The summed E-state index contributed by atoms with van der Waals surface area (Å²) < 4.78 is 5.17. The van der Waals surface area contributed by atoms with Crippen molar-refractivity contribution in [2.24, 2.45) is 0 Å². The minimum atomic E-state index is -0.256. The van der Waals surface area contributed by atoms with E-state index in [9.17, 15) is 4.79 Å². The SMILES string of the molecule is O=C(NCc1ccncc1)c1cc(-c2cccs2)on1. The van der Waals surface area contributed by atoms with Gasteiger partial charge in [0.1, 0.15) is 0 Å². The van der Waals surface area contributed by atoms with Crippen LogP contribution in [0.1, 0.15) is 16.1 Å². The third-order valence-electron chi connectivity index (χ3n) is 2.71. The monoisotopic (exact) mass is 285 g/mol. The molecule has 1 N–H and O–H groups in total. The summed E-state index contributed by atoms with van der Waals surface area (Å²) in [6, 6.07) is 9.18. The van der Waals surface area contributed by atoms with Crippen molar-refractivity contribution in [1.29, 1.82) is 0 Å². The molecule has 5 nitrogen and oxygen atoms in total. The molecule has 3 rings (SSSR count). The molecule has 3 heterocycles. The van der Waals surface area contributed by atoms with Crippen LogP contribution in [0.25, 0.3) is 10.6 Å². The molecule has 0 fully saturated rings. The number of thiophene rings is 1. The standard InChI is InChI=1S/C14H11N3O2S/c18-14(16-9-10-3-5-15-6-4-10)11-8-12(19-17-11)13-2-1-7-20-13/h1-8H,9H2,(H,16,18). The fraction of sp³-hybridized carbons (Fsp3) is 0.0714. The number of amides is 1. The van der Waals surface area contributed by atoms with Crippen molar-refractivity contribution in [3.05, 3.63) is 59.4 Å². The first-order valence-corrected chi connectivity index (χ1v) is 6.88. The molecule has 0 aliphatic rings. The van der Waals surface area contributed by atoms with Crippen LogP contribution in [-0.2, 0) is 6.54 Å². The summed E-state index contributed by atoms with van der Waals surface area (Å²) in [6.45, 7) is 0.433. The van der Waals surface area contributed by atoms with Gasteiger partial charge in [0.25, 0.3) is 5.91 Å². The third-order valence-corrected chi connectivity index (χ3v) is 3.59. The Morgan fingerprint density at radius 2 is 2.15 bits per heavy atom. The van der Waals surface area contributed by atoms with Crippen LogP contribution in [0.15, 0.2) is 52.6 Å². The summed E-state index contributed by atoms with van der Waals surface area (Å²) in [4.78, 5) is 16.8. The van der Waals surface area contributed by atoms with Gasteiger partial charge in [0, 0.05) is 25.0 Å². The van der Waals surface area contributed by atoms with Crippen molar-refractivity contribution < 1.29 is 9.32 Å². The molecule has 0 saturated carbocycles. The summed E-state index contributed by atoms with van der Waals surface area (Å²) in [5.41, 5.74) is 1.26. The highest BCUT2D eigenvalue weighted by molar-refractivity contribution is 7.13. The average molecular weight is 285 g/mol. The van der Waals surface area contributed by atoms with E-state index in [-0.39, 0.29) is 11.6 Å². The van der Waals surface area contributed by atoms with Crippen LogP contribution in [0.5, 0.6) is 0 Å². The van der Waals surface area contributed by atoms with Gasteiger partial charge in [0.05, 0.1) is 4.88 Å². The molecule has 0 atom stereocenters. The van der Waals surface area contributed by atoms with Gasteiger partial charge < -0.3 is 9.84 Å². The molecule has 0 unspecified atom stereocenters. The summed E-state index contributed by atoms with van der Waals surface area (Å²) in [5, 5.41) is 8.53. The second-order valence-corrected chi connectivity index (χ2v) is 5.04. The number of carbonyl (C=O) groups excluding carboxylic acids is 1. The Labute approximate surface area is 119 Å². The molecule has 0 radical (unpaired) electrons. The van der Waals surface area contributed by atoms with Gasteiger partial charge in [-0.25, -0.2) is 0 Å². The van der Waals surface area contributed by atoms with E-state index < -0.39 is 0 Å². The molecule has 0 aliphatic carbocycles. The molecular weight excluding hydrogens is 274 g/mol. The van der Waals surface area contributed by atoms with E-state index in [4.69, 9.17) is 4.52 Å². The first-order chi connectivity index (χ1) is 9.83. The highest BCUT2D eigenvalue weighted by Crippen LogP contribution is 2.24. The Hall–Kier alpha value is -2.47. The molecule has 1 amide bonds. The Kier molecular flexibility index (Phi) is 3.56. The van der Waals surface area contributed by atoms with E-state index in [0.29, 0.717) is 12.3 Å². The molecule has 20 heavy (non-hydrogen) atoms. The van der Waals surface area contributed by atoms with Crippen molar-refractivity contribution in [3.63, 3.8) is 0 Å². The van der Waals surface area contributed by atoms with Crippen LogP contribution in [0.4, 0.5) is 0 Å². The number of aromatic nitrogens is 2. The Balaban J connectivity index is 1.66. The number of nitrogens with one attached hydrogen (secondary N) is 1. The largest absolute Gasteiger partial charge is 0.355 e. The molecule has 6 heteroatoms. The van der Waals surface area contributed by atoms with Crippen molar-refractivity contribution in [3.8, 4) is 10.6 Å². The molecule has 100 valence electrons. The highest BCUT2D eigenvalue weighted by Gasteiger charge is 2.13. The Bertz CT molecular complexity index is 692. The average Bonchev–Trinajstić information content (AvgIpc) is 3.16. The lowest BCUT2D eigenvalue weighted by Crippen LogP contribution is -2.22. The summed E-state index contributed by atoms with van der Waals surface area (Å²) in [5.74, 6) is 0.349. The van der Waals surface area contributed by atoms with Gasteiger partial charge in [-0.2, -0.15) is 0 Å². The maximum Gasteiger partial charge on any atom is 0.273 e. The lowest BCUT2D eigenvalue weighted by molar-refractivity contribution is 0.0942. The molecule has 0 aliphatic heterocycles. The lowest BCUT2D eigenvalue weighted by Gasteiger charge is -2.01. The zero-order valence-corrected chi connectivity index (χ0v) is 11.3. The van der Waals surface area contributed by atoms with Gasteiger partial charge in [-0.15, -0.1) is 11.3 Å². The summed E-state index contributed by atoms with van der Waals surface area (Å²) >= 11 is 1.54. The van der Waals surface area contributed by atoms with Crippen LogP contribution >= 0.6 is 11.3 Å². The van der Waals surface area contributed by atoms with Gasteiger partial charge in [0.2, 0.25) is 0 Å². The van der Waals surface area contributed by atoms with E-state index in [1.165, 1.54) is 11.3 Å². The van der Waals surface area contributed by atoms with Crippen LogP contribution in [0, 0.1) is 0 Å². The number of carbonyl (C=O) groups is 1. The normalized spacial score (nSPS) is 10.4. The maximum absolute atomic E-state index is 12.0. The molecule has 0 aromatic carbocycles. The highest BCUT2D eigenvalue weighted by atomic mass is 32.1. The quantitative estimate of drug-likeness (QED) is 0.800. The molecule has 0 bridgehead atoms. The minimum absolute atomic E-state index is 0.256. The van der Waals surface area contributed by atoms with E-state index in [1.54, 1.807) is 18.5 Å². The van der Waals surface area contributed by atoms with Gasteiger partial charge in [-0.3, -0.25) is 9.78 Å². The van der Waals surface area contributed by atoms with Crippen LogP contribution in [0.2, 0.25) is 0 Å². The van der Waals surface area contributed by atoms with Crippen LogP contribution in [-0.4, -0.2) is 16.0 Å². The van der Waals surface area contributed by atoms with Gasteiger partial charge in [-0.05, 0) is 29.1 Å². The zero-order valence-electron chi connectivity index (χ0n) is 10.4. The second-order valence-electron chi connectivity index (χ2n) is 4.09. The van der Waals surface area contributed by atoms with E-state index >= 15 is 0 Å². The third kappa shape index (κ3) is 2.75. The first kappa shape index (κ1) is 12.6. The van der Waals surface area contributed by atoms with Crippen molar-refractivity contribution >= 4 is 17.2 Å². The molecule has 0 saturated heterocycles. The Morgan fingerprint density at radius 3 is 2.90 bits per heavy atom. The summed E-state index contributed by atoms with van der Waals surface area (Å²) in [7, 11) is 0. The van der Waals surface area contributed by atoms with E-state index in [1.807, 2.05) is 29.6 Å². The lowest BCUT2D eigenvalue weighted by atomic mass is 10.2. The fourth-order valence-electron chi connectivity index (χ4n) is 1.69. The zero-order chi connectivity index (χ0) is 13.8. The first-order valence-electron chi connectivity index (χ1n) is 6.00. The van der Waals surface area contributed by atoms with Gasteiger partial charge in [0.15, 0.2) is 11.5 Å². The number of pyridine rings is 1. The molecular formula is C14H11N3O2S. The van der Waals surface area contributed by atoms with Gasteiger partial charge in [-0.1, -0.05) is 11.2 Å². The van der Waals surface area contributed by atoms with Crippen molar-refractivity contribution in [1.82, 2.24) is 15.5 Å². The van der Waals surface area contributed by atoms with Crippen molar-refractivity contribution in [2.75, 3.05) is 0 Å². The predicted octanol–water partition coefficient (Wildman–Crippen LogP) is 2.73. The topological polar surface area (TPSA) is 68.0 Å². The summed E-state index contributed by atoms with van der Waals surface area (Å²) in [6.07, 6.45) is 3.37. The van der Waals surface area contributed by atoms with Crippen LogP contribution < -0.4 is 5.32 Å². The number of hydrogen-bond donors (Lipinski definition) is 1. The number of rotatable bonds is 4. The fourth-order valence-corrected chi connectivity index (χ4v) is 2.36. The predicted molar refractivity (Wildman–Crippen MR) is 75.2 cm³/mol. The van der Waals surface area contributed by atoms with E-state index in [0.717, 1.165) is 10.4 Å². The Morgan fingerprint density at radius 1 is 1.30 bits per heavy atom. The molecule has 0 spiro atoms. The minimum Gasteiger partial charge on any atom is -0.355 e. The van der Waals surface area contributed by atoms with Gasteiger partial charge >= 0.3 is 0 Å².